The van der Waals surface area contributed by atoms with Crippen LogP contribution in [0, 0.1) is 17.7 Å². The van der Waals surface area contributed by atoms with Crippen LogP contribution in [-0.4, -0.2) is 76.0 Å². The van der Waals surface area contributed by atoms with Gasteiger partial charge in [0.05, 0.1) is 0 Å². The van der Waals surface area contributed by atoms with E-state index in [0.717, 1.165) is 18.9 Å². The first-order chi connectivity index (χ1) is 18.2. The largest absolute Gasteiger partial charge is 0.484 e. The van der Waals surface area contributed by atoms with Crippen molar-refractivity contribution in [3.63, 3.8) is 0 Å². The third kappa shape index (κ3) is 5.89. The molecule has 2 amide bonds. The lowest BCUT2D eigenvalue weighted by molar-refractivity contribution is -0.153. The first-order valence-electron chi connectivity index (χ1n) is 12.5. The highest BCUT2D eigenvalue weighted by Gasteiger charge is 2.38. The molecule has 5 rings (SSSR count). The summed E-state index contributed by atoms with van der Waals surface area (Å²) in [5.41, 5.74) is 2.17. The van der Waals surface area contributed by atoms with Gasteiger partial charge in [0.1, 0.15) is 22.6 Å². The minimum Gasteiger partial charge on any atom is -0.484 e. The number of benzene rings is 2. The second-order valence-electron chi connectivity index (χ2n) is 9.87. The number of alkyl halides is 3. The molecule has 12 heteroatoms. The van der Waals surface area contributed by atoms with Gasteiger partial charge in [-0.15, -0.1) is 0 Å². The predicted octanol–water partition coefficient (Wildman–Crippen LogP) is 3.98. The van der Waals surface area contributed by atoms with Crippen molar-refractivity contribution in [3.8, 4) is 5.75 Å². The molecule has 1 aromatic heterocycles. The number of aryl methyl sites for hydroxylation is 1. The summed E-state index contributed by atoms with van der Waals surface area (Å²) >= 11 is 0. The predicted molar refractivity (Wildman–Crippen MR) is 129 cm³/mol. The summed E-state index contributed by atoms with van der Waals surface area (Å²) in [5, 5.41) is 10.6. The lowest BCUT2D eigenvalue weighted by atomic mass is 9.92. The van der Waals surface area contributed by atoms with Crippen molar-refractivity contribution in [1.29, 1.82) is 0 Å². The molecule has 8 nitrogen and oxygen atoms in total. The Morgan fingerprint density at radius 1 is 0.974 bits per heavy atom. The minimum absolute atomic E-state index is 0.0345. The van der Waals surface area contributed by atoms with E-state index in [0.29, 0.717) is 54.6 Å². The van der Waals surface area contributed by atoms with Crippen LogP contribution in [0.25, 0.3) is 11.0 Å². The number of aromatic nitrogens is 3. The molecular formula is C26H27F4N5O3. The van der Waals surface area contributed by atoms with Gasteiger partial charge in [0.25, 0.3) is 5.91 Å². The summed E-state index contributed by atoms with van der Waals surface area (Å²) in [6.45, 7) is 0.914. The van der Waals surface area contributed by atoms with Crippen LogP contribution >= 0.6 is 0 Å². The molecule has 2 atom stereocenters. The highest BCUT2D eigenvalue weighted by Crippen LogP contribution is 2.33. The summed E-state index contributed by atoms with van der Waals surface area (Å²) in [6.07, 6.45) is -2.70. The number of carbonyl (C=O) groups excluding carboxylic acids is 2. The quantitative estimate of drug-likeness (QED) is 0.484. The van der Waals surface area contributed by atoms with Gasteiger partial charge in [0.15, 0.2) is 6.61 Å². The van der Waals surface area contributed by atoms with E-state index in [4.69, 9.17) is 0 Å². The molecule has 1 N–H and O–H groups in total. The Morgan fingerprint density at radius 2 is 1.68 bits per heavy atom. The number of H-pyrrole nitrogens is 1. The molecule has 0 saturated carbocycles. The van der Waals surface area contributed by atoms with Crippen LogP contribution in [-0.2, 0) is 11.2 Å². The zero-order valence-electron chi connectivity index (χ0n) is 20.5. The van der Waals surface area contributed by atoms with Gasteiger partial charge in [0.2, 0.25) is 5.91 Å². The summed E-state index contributed by atoms with van der Waals surface area (Å²) in [4.78, 5) is 29.6. The van der Waals surface area contributed by atoms with Crippen molar-refractivity contribution in [2.45, 2.75) is 31.9 Å². The number of aromatic amines is 1. The minimum atomic E-state index is -4.51. The van der Waals surface area contributed by atoms with E-state index >= 15 is 0 Å². The van der Waals surface area contributed by atoms with Crippen LogP contribution in [0.4, 0.5) is 17.6 Å². The van der Waals surface area contributed by atoms with E-state index in [9.17, 15) is 27.2 Å². The molecule has 38 heavy (non-hydrogen) atoms. The molecule has 202 valence electrons. The van der Waals surface area contributed by atoms with Gasteiger partial charge in [-0.1, -0.05) is 6.07 Å². The van der Waals surface area contributed by atoms with Crippen LogP contribution in [0.5, 0.6) is 5.75 Å². The zero-order valence-corrected chi connectivity index (χ0v) is 20.5. The number of ether oxygens (including phenoxy) is 1. The fraction of sp³-hybridized carbons (Fsp3) is 0.462. The van der Waals surface area contributed by atoms with Crippen molar-refractivity contribution >= 4 is 22.8 Å². The van der Waals surface area contributed by atoms with E-state index in [1.165, 1.54) is 12.1 Å². The average Bonchev–Trinajstić information content (AvgIpc) is 3.47. The van der Waals surface area contributed by atoms with E-state index in [1.807, 2.05) is 4.90 Å². The number of fused-ring (bicyclic) bond motifs is 2. The van der Waals surface area contributed by atoms with Crippen LogP contribution < -0.4 is 4.74 Å². The molecular weight excluding hydrogens is 506 g/mol. The Hall–Kier alpha value is -3.70. The van der Waals surface area contributed by atoms with Gasteiger partial charge in [-0.3, -0.25) is 9.59 Å². The first kappa shape index (κ1) is 25.9. The van der Waals surface area contributed by atoms with Crippen molar-refractivity contribution in [1.82, 2.24) is 25.2 Å². The number of nitrogens with zero attached hydrogens (tertiary/aromatic N) is 4. The van der Waals surface area contributed by atoms with Gasteiger partial charge in [-0.05, 0) is 60.9 Å². The third-order valence-corrected chi connectivity index (χ3v) is 7.35. The second kappa shape index (κ2) is 10.6. The molecule has 3 heterocycles. The number of halogens is 4. The molecule has 2 aromatic carbocycles. The van der Waals surface area contributed by atoms with E-state index in [-0.39, 0.29) is 36.0 Å². The highest BCUT2D eigenvalue weighted by molar-refractivity contribution is 5.97. The Labute approximate surface area is 215 Å². The molecule has 0 radical (unpaired) electrons. The Balaban J connectivity index is 1.11. The van der Waals surface area contributed by atoms with Crippen LogP contribution in [0.2, 0.25) is 0 Å². The molecule has 0 bridgehead atoms. The summed E-state index contributed by atoms with van der Waals surface area (Å²) < 4.78 is 55.8. The lowest BCUT2D eigenvalue weighted by Crippen LogP contribution is -2.34. The highest BCUT2D eigenvalue weighted by atomic mass is 19.4. The van der Waals surface area contributed by atoms with Crippen LogP contribution in [0.1, 0.15) is 35.2 Å². The number of rotatable bonds is 6. The summed E-state index contributed by atoms with van der Waals surface area (Å²) in [5.74, 6) is -0.428. The van der Waals surface area contributed by atoms with Gasteiger partial charge >= 0.3 is 6.18 Å². The normalized spacial score (nSPS) is 19.9. The summed E-state index contributed by atoms with van der Waals surface area (Å²) in [7, 11) is 0. The monoisotopic (exact) mass is 533 g/mol. The van der Waals surface area contributed by atoms with Crippen molar-refractivity contribution < 1.29 is 31.9 Å². The maximum Gasteiger partial charge on any atom is 0.422 e. The number of carbonyl (C=O) groups is 2. The van der Waals surface area contributed by atoms with Gasteiger partial charge < -0.3 is 14.5 Å². The van der Waals surface area contributed by atoms with Gasteiger partial charge in [-0.2, -0.15) is 28.6 Å². The molecule has 2 fully saturated rings. The maximum atomic E-state index is 14.3. The molecule has 2 aliphatic rings. The standard InChI is InChI=1S/C26H27F4N5O3/c27-21-12-20(38-15-26(28,29)30)4-1-16(21)3-6-24(36)34-9-7-18-13-35(14-19(18)8-10-34)25(37)17-2-5-22-23(11-17)32-33-31-22/h1-2,4-5,11-12,18-19H,3,6-10,13-15H2,(H,31,32,33)/t18-,19+. The molecule has 3 aromatic rings. The van der Waals surface area contributed by atoms with Crippen molar-refractivity contribution in [2.24, 2.45) is 11.8 Å². The first-order valence-corrected chi connectivity index (χ1v) is 12.5. The third-order valence-electron chi connectivity index (χ3n) is 7.35. The van der Waals surface area contributed by atoms with Crippen LogP contribution in [0.15, 0.2) is 36.4 Å². The van der Waals surface area contributed by atoms with Crippen molar-refractivity contribution in [2.75, 3.05) is 32.8 Å². The molecule has 2 saturated heterocycles. The number of hydrogen-bond acceptors (Lipinski definition) is 5. The smallest absolute Gasteiger partial charge is 0.422 e. The van der Waals surface area contributed by atoms with Gasteiger partial charge in [-0.25, -0.2) is 4.39 Å². The van der Waals surface area contributed by atoms with E-state index in [1.54, 1.807) is 23.1 Å². The molecule has 0 aliphatic carbocycles. The average molecular weight is 534 g/mol. The Bertz CT molecular complexity index is 1310. The Kier molecular flexibility index (Phi) is 7.22. The van der Waals surface area contributed by atoms with E-state index < -0.39 is 18.6 Å². The van der Waals surface area contributed by atoms with Gasteiger partial charge in [0, 0.05) is 44.2 Å². The van der Waals surface area contributed by atoms with Crippen LogP contribution in [0.3, 0.4) is 0 Å². The zero-order chi connectivity index (χ0) is 26.9. The summed E-state index contributed by atoms with van der Waals surface area (Å²) in [6, 6.07) is 8.81. The number of amides is 2. The molecule has 0 spiro atoms. The molecule has 2 aliphatic heterocycles. The fourth-order valence-electron chi connectivity index (χ4n) is 5.30. The maximum absolute atomic E-state index is 14.3. The number of likely N-dealkylation sites (tertiary alicyclic amines) is 2. The Morgan fingerprint density at radius 3 is 2.37 bits per heavy atom. The topological polar surface area (TPSA) is 91.4 Å². The second-order valence-corrected chi connectivity index (χ2v) is 9.87. The SMILES string of the molecule is O=C(CCc1ccc(OCC(F)(F)F)cc1F)N1CC[C@@H]2CN(C(=O)c3ccc4n[nH]nc4c3)C[C@@H]2CC1. The van der Waals surface area contributed by atoms with E-state index in [2.05, 4.69) is 20.1 Å². The lowest BCUT2D eigenvalue weighted by Gasteiger charge is -2.22. The molecule has 0 unspecified atom stereocenters. The van der Waals surface area contributed by atoms with Crippen molar-refractivity contribution in [3.05, 3.63) is 53.3 Å². The fourth-order valence-corrected chi connectivity index (χ4v) is 5.30. The number of nitrogens with one attached hydrogen (secondary N) is 1. The number of hydrogen-bond donors (Lipinski definition) is 1.